The maximum Gasteiger partial charge on any atom is 0.249 e. The Balaban J connectivity index is 1.81. The summed E-state index contributed by atoms with van der Waals surface area (Å²) < 4.78 is 12.5. The maximum absolute atomic E-state index is 14.1. The van der Waals surface area contributed by atoms with Crippen molar-refractivity contribution >= 4 is 28.5 Å². The Morgan fingerprint density at radius 2 is 1.76 bits per heavy atom. The molecule has 1 atom stereocenters. The molecule has 0 aliphatic heterocycles. The molecule has 0 unspecified atom stereocenters. The van der Waals surface area contributed by atoms with Gasteiger partial charge in [0.1, 0.15) is 29.6 Å². The zero-order valence-corrected chi connectivity index (χ0v) is 22.0. The molecule has 4 rings (SSSR count). The summed E-state index contributed by atoms with van der Waals surface area (Å²) in [5.74, 6) is 0.677. The maximum atomic E-state index is 14.1. The number of carbonyl (C=O) groups is 2. The number of para-hydroxylation sites is 1. The van der Waals surface area contributed by atoms with Crippen LogP contribution in [0.25, 0.3) is 11.0 Å². The van der Waals surface area contributed by atoms with Crippen LogP contribution in [-0.4, -0.2) is 52.6 Å². The van der Waals surface area contributed by atoms with Crippen molar-refractivity contribution in [2.75, 3.05) is 25.7 Å². The molecule has 2 aromatic heterocycles. The largest absolute Gasteiger partial charge is 0.497 e. The lowest BCUT2D eigenvalue weighted by molar-refractivity contribution is -0.127. The fourth-order valence-electron chi connectivity index (χ4n) is 4.14. The van der Waals surface area contributed by atoms with Crippen molar-refractivity contribution in [2.45, 2.75) is 32.9 Å². The summed E-state index contributed by atoms with van der Waals surface area (Å²) in [5.41, 5.74) is 2.38. The predicted molar refractivity (Wildman–Crippen MR) is 144 cm³/mol. The number of anilines is 1. The van der Waals surface area contributed by atoms with Gasteiger partial charge in [0.2, 0.25) is 11.8 Å². The molecule has 0 spiro atoms. The van der Waals surface area contributed by atoms with Crippen LogP contribution in [0.3, 0.4) is 0 Å². The third-order valence-electron chi connectivity index (χ3n) is 6.12. The molecule has 2 heterocycles. The highest BCUT2D eigenvalue weighted by atomic mass is 16.5. The van der Waals surface area contributed by atoms with Gasteiger partial charge in [-0.05, 0) is 30.5 Å². The van der Waals surface area contributed by atoms with E-state index in [0.29, 0.717) is 46.2 Å². The summed E-state index contributed by atoms with van der Waals surface area (Å²) in [4.78, 5) is 33.5. The van der Waals surface area contributed by atoms with Crippen molar-refractivity contribution in [3.8, 4) is 11.5 Å². The van der Waals surface area contributed by atoms with E-state index in [1.54, 1.807) is 42.7 Å². The highest BCUT2D eigenvalue weighted by Gasteiger charge is 2.34. The first-order chi connectivity index (χ1) is 18.4. The topological polar surface area (TPSA) is 111 Å². The smallest absolute Gasteiger partial charge is 0.249 e. The average Bonchev–Trinajstić information content (AvgIpc) is 3.33. The number of methoxy groups -OCH3 is 2. The number of hydrogen-bond acceptors (Lipinski definition) is 7. The molecule has 38 heavy (non-hydrogen) atoms. The fraction of sp³-hybridized carbons (Fsp3) is 0.321. The third-order valence-corrected chi connectivity index (χ3v) is 6.12. The average molecular weight is 517 g/mol. The molecule has 0 saturated carbocycles. The zero-order valence-electron chi connectivity index (χ0n) is 22.0. The lowest BCUT2D eigenvalue weighted by Gasteiger charge is -2.32. The monoisotopic (exact) mass is 516 g/mol. The number of nitrogens with zero attached hydrogens (tertiary/aromatic N) is 5. The van der Waals surface area contributed by atoms with E-state index in [9.17, 15) is 9.59 Å². The molecule has 4 aromatic rings. The molecule has 0 aliphatic rings. The van der Waals surface area contributed by atoms with E-state index in [0.717, 1.165) is 6.42 Å². The molecule has 10 nitrogen and oxygen atoms in total. The van der Waals surface area contributed by atoms with E-state index < -0.39 is 6.04 Å². The number of carbonyl (C=O) groups excluding carboxylic acids is 2. The van der Waals surface area contributed by atoms with Crippen molar-refractivity contribution in [3.05, 3.63) is 72.6 Å². The Labute approximate surface area is 221 Å². The zero-order chi connectivity index (χ0) is 27.1. The first kappa shape index (κ1) is 26.6. The van der Waals surface area contributed by atoms with Crippen molar-refractivity contribution in [3.63, 3.8) is 0 Å². The van der Waals surface area contributed by atoms with Gasteiger partial charge >= 0.3 is 0 Å². The van der Waals surface area contributed by atoms with Gasteiger partial charge in [0.25, 0.3) is 0 Å². The Hall–Kier alpha value is -4.47. The van der Waals surface area contributed by atoms with Crippen molar-refractivity contribution in [1.82, 2.24) is 25.3 Å². The Bertz CT molecular complexity index is 1370. The van der Waals surface area contributed by atoms with Gasteiger partial charge in [0.05, 0.1) is 25.4 Å². The van der Waals surface area contributed by atoms with Gasteiger partial charge in [-0.1, -0.05) is 37.3 Å². The molecule has 1 N–H and O–H groups in total. The quantitative estimate of drug-likeness (QED) is 0.323. The minimum atomic E-state index is -1.00. The number of fused-ring (bicyclic) bond motifs is 1. The van der Waals surface area contributed by atoms with E-state index in [2.05, 4.69) is 34.5 Å². The molecular weight excluding hydrogens is 484 g/mol. The molecule has 2 aromatic carbocycles. The normalized spacial score (nSPS) is 11.8. The molecule has 198 valence electrons. The van der Waals surface area contributed by atoms with E-state index in [1.807, 2.05) is 24.3 Å². The molecule has 0 bridgehead atoms. The van der Waals surface area contributed by atoms with Crippen LogP contribution in [0.4, 0.5) is 5.69 Å². The van der Waals surface area contributed by atoms with Crippen LogP contribution in [0.2, 0.25) is 0 Å². The second-order valence-corrected chi connectivity index (χ2v) is 9.23. The van der Waals surface area contributed by atoms with Crippen LogP contribution in [0.1, 0.15) is 31.9 Å². The fourth-order valence-corrected chi connectivity index (χ4v) is 4.14. The predicted octanol–water partition coefficient (Wildman–Crippen LogP) is 3.78. The second-order valence-electron chi connectivity index (χ2n) is 9.23. The Kier molecular flexibility index (Phi) is 8.52. The van der Waals surface area contributed by atoms with Gasteiger partial charge in [0.15, 0.2) is 0 Å². The Morgan fingerprint density at radius 3 is 2.42 bits per heavy atom. The first-order valence-corrected chi connectivity index (χ1v) is 12.4. The summed E-state index contributed by atoms with van der Waals surface area (Å²) in [6.45, 7) is 4.51. The van der Waals surface area contributed by atoms with Crippen LogP contribution in [0.15, 0.2) is 67.0 Å². The van der Waals surface area contributed by atoms with E-state index >= 15 is 0 Å². The van der Waals surface area contributed by atoms with Crippen LogP contribution >= 0.6 is 0 Å². The molecular formula is C28H32N6O4. The third kappa shape index (κ3) is 6.08. The van der Waals surface area contributed by atoms with Crippen LogP contribution in [-0.2, 0) is 16.1 Å². The van der Waals surface area contributed by atoms with E-state index in [-0.39, 0.29) is 18.4 Å². The van der Waals surface area contributed by atoms with Gasteiger partial charge in [-0.2, -0.15) is 0 Å². The van der Waals surface area contributed by atoms with Gasteiger partial charge in [0, 0.05) is 42.7 Å². The lowest BCUT2D eigenvalue weighted by atomic mass is 10.0. The number of pyridine rings is 1. The SMILES string of the molecule is COc1cc(OC)cc(N(C(=O)Cn2nnc3ccccc32)[C@@H](C(=O)NCCC(C)C)c2cccnc2)c1. The number of rotatable bonds is 11. The highest BCUT2D eigenvalue weighted by Crippen LogP contribution is 2.34. The molecule has 0 radical (unpaired) electrons. The number of ether oxygens (including phenoxy) is 2. The molecule has 0 aliphatic carbocycles. The number of nitrogens with one attached hydrogen (secondary N) is 1. The Morgan fingerprint density at radius 1 is 1.03 bits per heavy atom. The van der Waals surface area contributed by atoms with Gasteiger partial charge in [-0.3, -0.25) is 19.5 Å². The molecule has 10 heteroatoms. The number of aromatic nitrogens is 4. The molecule has 0 fully saturated rings. The van der Waals surface area contributed by atoms with Crippen molar-refractivity contribution < 1.29 is 19.1 Å². The number of amides is 2. The highest BCUT2D eigenvalue weighted by molar-refractivity contribution is 6.01. The van der Waals surface area contributed by atoms with Gasteiger partial charge in [-0.15, -0.1) is 5.10 Å². The van der Waals surface area contributed by atoms with Gasteiger partial charge < -0.3 is 14.8 Å². The summed E-state index contributed by atoms with van der Waals surface area (Å²) in [6.07, 6.45) is 4.02. The van der Waals surface area contributed by atoms with Crippen molar-refractivity contribution in [2.24, 2.45) is 5.92 Å². The number of hydrogen-bond donors (Lipinski definition) is 1. The van der Waals surface area contributed by atoms with Gasteiger partial charge in [-0.25, -0.2) is 4.68 Å². The van der Waals surface area contributed by atoms with Crippen LogP contribution in [0.5, 0.6) is 11.5 Å². The van der Waals surface area contributed by atoms with E-state index in [1.165, 1.54) is 23.8 Å². The number of benzene rings is 2. The summed E-state index contributed by atoms with van der Waals surface area (Å²) >= 11 is 0. The van der Waals surface area contributed by atoms with E-state index in [4.69, 9.17) is 9.47 Å². The standard InChI is InChI=1S/C28H32N6O4/c1-19(2)11-13-30-28(36)27(20-8-7-12-29-17-20)34(21-14-22(37-3)16-23(15-21)38-4)26(35)18-33-25-10-6-5-9-24(25)31-32-33/h5-10,12,14-17,19,27H,11,13,18H2,1-4H3,(H,30,36)/t27-/m1/s1. The molecule has 2 amide bonds. The van der Waals surface area contributed by atoms with Crippen LogP contribution in [0, 0.1) is 5.92 Å². The minimum absolute atomic E-state index is 0.143. The molecule has 0 saturated heterocycles. The van der Waals surface area contributed by atoms with Crippen LogP contribution < -0.4 is 19.7 Å². The summed E-state index contributed by atoms with van der Waals surface area (Å²) in [7, 11) is 3.06. The van der Waals surface area contributed by atoms with Crippen molar-refractivity contribution in [1.29, 1.82) is 0 Å². The summed E-state index contributed by atoms with van der Waals surface area (Å²) in [6, 6.07) is 15.0. The lowest BCUT2D eigenvalue weighted by Crippen LogP contribution is -2.45. The first-order valence-electron chi connectivity index (χ1n) is 12.4. The summed E-state index contributed by atoms with van der Waals surface area (Å²) in [5, 5.41) is 11.4. The second kappa shape index (κ2) is 12.2. The minimum Gasteiger partial charge on any atom is -0.497 e.